The molecule has 1 saturated carbocycles. The second kappa shape index (κ2) is 5.04. The van der Waals surface area contributed by atoms with Crippen molar-refractivity contribution in [1.82, 2.24) is 19.6 Å². The quantitative estimate of drug-likeness (QED) is 0.848. The fraction of sp³-hybridized carbons (Fsp3) is 0.385. The predicted octanol–water partition coefficient (Wildman–Crippen LogP) is 0.831. The van der Waals surface area contributed by atoms with Crippen LogP contribution in [0.4, 0.5) is 5.82 Å². The van der Waals surface area contributed by atoms with Gasteiger partial charge in [-0.1, -0.05) is 0 Å². The first-order valence-electron chi connectivity index (χ1n) is 6.63. The molecule has 0 aromatic carbocycles. The lowest BCUT2D eigenvalue weighted by atomic mass is 10.1. The van der Waals surface area contributed by atoms with Crippen molar-refractivity contribution in [2.75, 3.05) is 5.32 Å². The van der Waals surface area contributed by atoms with E-state index >= 15 is 0 Å². The number of carboxylic acid groups (broad SMARTS) is 1. The molecule has 0 saturated heterocycles. The molecule has 8 nitrogen and oxygen atoms in total. The minimum Gasteiger partial charge on any atom is -0.480 e. The topological polar surface area (TPSA) is 102 Å². The van der Waals surface area contributed by atoms with E-state index in [2.05, 4.69) is 15.5 Å². The molecular formula is C13H15N5O3. The molecule has 3 rings (SSSR count). The van der Waals surface area contributed by atoms with Gasteiger partial charge in [-0.05, 0) is 12.8 Å². The summed E-state index contributed by atoms with van der Waals surface area (Å²) < 4.78 is 2.98. The van der Waals surface area contributed by atoms with E-state index in [4.69, 9.17) is 5.11 Å². The number of aliphatic carboxylic acids is 1. The summed E-state index contributed by atoms with van der Waals surface area (Å²) in [5.41, 5.74) is 1.49. The first kappa shape index (κ1) is 13.3. The number of amides is 1. The summed E-state index contributed by atoms with van der Waals surface area (Å²) in [4.78, 5) is 22.9. The standard InChI is InChI=1S/C13H15N5O3/c1-17-12(8-2-3-8)9(6-14-17)13(21)15-10-4-5-18(16-10)7-11(19)20/h4-6,8H,2-3,7H2,1H3,(H,19,20)(H,15,16,21). The Hall–Kier alpha value is -2.64. The summed E-state index contributed by atoms with van der Waals surface area (Å²) in [6, 6.07) is 1.56. The summed E-state index contributed by atoms with van der Waals surface area (Å²) in [6.45, 7) is -0.240. The lowest BCUT2D eigenvalue weighted by molar-refractivity contribution is -0.137. The first-order chi connectivity index (χ1) is 10.0. The van der Waals surface area contributed by atoms with Gasteiger partial charge in [-0.3, -0.25) is 19.0 Å². The van der Waals surface area contributed by atoms with Crippen molar-refractivity contribution in [2.45, 2.75) is 25.3 Å². The number of hydrogen-bond acceptors (Lipinski definition) is 4. The van der Waals surface area contributed by atoms with Gasteiger partial charge >= 0.3 is 5.97 Å². The van der Waals surface area contributed by atoms with Gasteiger partial charge in [0.2, 0.25) is 0 Å². The maximum atomic E-state index is 12.3. The van der Waals surface area contributed by atoms with Gasteiger partial charge in [-0.15, -0.1) is 0 Å². The molecule has 0 spiro atoms. The highest BCUT2D eigenvalue weighted by Crippen LogP contribution is 2.41. The van der Waals surface area contributed by atoms with E-state index in [1.54, 1.807) is 16.9 Å². The summed E-state index contributed by atoms with van der Waals surface area (Å²) in [5.74, 6) is -0.528. The molecule has 0 radical (unpaired) electrons. The lowest BCUT2D eigenvalue weighted by Crippen LogP contribution is -2.15. The van der Waals surface area contributed by atoms with Crippen molar-refractivity contribution in [3.63, 3.8) is 0 Å². The van der Waals surface area contributed by atoms with Gasteiger partial charge in [0.15, 0.2) is 5.82 Å². The number of carbonyl (C=O) groups excluding carboxylic acids is 1. The van der Waals surface area contributed by atoms with Crippen LogP contribution >= 0.6 is 0 Å². The molecule has 1 amide bonds. The molecular weight excluding hydrogens is 274 g/mol. The van der Waals surface area contributed by atoms with Crippen LogP contribution in [-0.4, -0.2) is 36.5 Å². The van der Waals surface area contributed by atoms with Crippen molar-refractivity contribution < 1.29 is 14.7 Å². The Labute approximate surface area is 120 Å². The molecule has 110 valence electrons. The van der Waals surface area contributed by atoms with Crippen molar-refractivity contribution in [2.24, 2.45) is 7.05 Å². The second-order valence-electron chi connectivity index (χ2n) is 5.09. The molecule has 2 N–H and O–H groups in total. The van der Waals surface area contributed by atoms with Crippen molar-refractivity contribution in [3.05, 3.63) is 29.7 Å². The number of hydrogen-bond donors (Lipinski definition) is 2. The molecule has 2 aromatic heterocycles. The largest absolute Gasteiger partial charge is 0.480 e. The fourth-order valence-corrected chi connectivity index (χ4v) is 2.30. The van der Waals surface area contributed by atoms with Gasteiger partial charge in [0, 0.05) is 25.2 Å². The predicted molar refractivity (Wildman–Crippen MR) is 73.0 cm³/mol. The van der Waals surface area contributed by atoms with E-state index in [0.29, 0.717) is 17.3 Å². The Bertz CT molecular complexity index is 698. The van der Waals surface area contributed by atoms with E-state index in [1.165, 1.54) is 10.9 Å². The first-order valence-corrected chi connectivity index (χ1v) is 6.63. The number of nitrogens with one attached hydrogen (secondary N) is 1. The van der Waals surface area contributed by atoms with E-state index < -0.39 is 5.97 Å². The highest BCUT2D eigenvalue weighted by molar-refractivity contribution is 6.04. The average Bonchev–Trinajstić information content (AvgIpc) is 3.04. The number of aryl methyl sites for hydroxylation is 1. The van der Waals surface area contributed by atoms with E-state index in [1.807, 2.05) is 7.05 Å². The third kappa shape index (κ3) is 2.78. The monoisotopic (exact) mass is 289 g/mol. The SMILES string of the molecule is Cn1ncc(C(=O)Nc2ccn(CC(=O)O)n2)c1C1CC1. The molecule has 0 atom stereocenters. The average molecular weight is 289 g/mol. The van der Waals surface area contributed by atoms with Crippen molar-refractivity contribution in [3.8, 4) is 0 Å². The zero-order valence-corrected chi connectivity index (χ0v) is 11.5. The van der Waals surface area contributed by atoms with Crippen molar-refractivity contribution in [1.29, 1.82) is 0 Å². The van der Waals surface area contributed by atoms with Crippen LogP contribution < -0.4 is 5.32 Å². The molecule has 21 heavy (non-hydrogen) atoms. The molecule has 8 heteroatoms. The summed E-state index contributed by atoms with van der Waals surface area (Å²) in [6.07, 6.45) is 5.21. The Morgan fingerprint density at radius 2 is 2.24 bits per heavy atom. The maximum Gasteiger partial charge on any atom is 0.325 e. The van der Waals surface area contributed by atoms with Crippen LogP contribution in [0.2, 0.25) is 0 Å². The second-order valence-corrected chi connectivity index (χ2v) is 5.09. The number of nitrogens with zero attached hydrogens (tertiary/aromatic N) is 4. The van der Waals surface area contributed by atoms with Gasteiger partial charge < -0.3 is 10.4 Å². The smallest absolute Gasteiger partial charge is 0.325 e. The third-order valence-corrected chi connectivity index (χ3v) is 3.37. The number of carbonyl (C=O) groups is 2. The van der Waals surface area contributed by atoms with Gasteiger partial charge in [-0.25, -0.2) is 0 Å². The summed E-state index contributed by atoms with van der Waals surface area (Å²) >= 11 is 0. The highest BCUT2D eigenvalue weighted by atomic mass is 16.4. The molecule has 0 aliphatic heterocycles. The minimum atomic E-state index is -0.987. The van der Waals surface area contributed by atoms with Gasteiger partial charge in [-0.2, -0.15) is 10.2 Å². The highest BCUT2D eigenvalue weighted by Gasteiger charge is 2.31. The van der Waals surface area contributed by atoms with Gasteiger partial charge in [0.1, 0.15) is 6.54 Å². The van der Waals surface area contributed by atoms with Gasteiger partial charge in [0.25, 0.3) is 5.91 Å². The Kier molecular flexibility index (Phi) is 3.20. The minimum absolute atomic E-state index is 0.240. The number of anilines is 1. The Morgan fingerprint density at radius 1 is 1.48 bits per heavy atom. The zero-order valence-electron chi connectivity index (χ0n) is 11.5. The van der Waals surface area contributed by atoms with E-state index in [9.17, 15) is 9.59 Å². The fourth-order valence-electron chi connectivity index (χ4n) is 2.30. The normalized spacial score (nSPS) is 14.1. The molecule has 0 bridgehead atoms. The molecule has 1 aliphatic rings. The molecule has 1 aliphatic carbocycles. The van der Waals surface area contributed by atoms with Crippen molar-refractivity contribution >= 4 is 17.7 Å². The van der Waals surface area contributed by atoms with Gasteiger partial charge in [0.05, 0.1) is 17.5 Å². The Balaban J connectivity index is 1.74. The third-order valence-electron chi connectivity index (χ3n) is 3.37. The maximum absolute atomic E-state index is 12.3. The number of carboxylic acids is 1. The van der Waals surface area contributed by atoms with Crippen LogP contribution in [0.25, 0.3) is 0 Å². The van der Waals surface area contributed by atoms with E-state index in [0.717, 1.165) is 18.5 Å². The lowest BCUT2D eigenvalue weighted by Gasteiger charge is -2.04. The van der Waals surface area contributed by atoms with Crippen LogP contribution in [0.15, 0.2) is 18.5 Å². The summed E-state index contributed by atoms with van der Waals surface area (Å²) in [5, 5.41) is 19.5. The van der Waals surface area contributed by atoms with Crippen LogP contribution in [0.1, 0.15) is 34.8 Å². The number of rotatable bonds is 5. The molecule has 2 aromatic rings. The molecule has 2 heterocycles. The van der Waals surface area contributed by atoms with Crippen LogP contribution in [0, 0.1) is 0 Å². The zero-order chi connectivity index (χ0) is 15.0. The van der Waals surface area contributed by atoms with Crippen LogP contribution in [-0.2, 0) is 18.4 Å². The molecule has 0 unspecified atom stereocenters. The van der Waals surface area contributed by atoms with Crippen LogP contribution in [0.3, 0.4) is 0 Å². The summed E-state index contributed by atoms with van der Waals surface area (Å²) in [7, 11) is 1.83. The molecule has 1 fully saturated rings. The number of aromatic nitrogens is 4. The van der Waals surface area contributed by atoms with E-state index in [-0.39, 0.29) is 12.5 Å². The van der Waals surface area contributed by atoms with Crippen LogP contribution in [0.5, 0.6) is 0 Å². The Morgan fingerprint density at radius 3 is 2.90 bits per heavy atom.